The number of ether oxygens (including phenoxy) is 1. The van der Waals surface area contributed by atoms with Crippen LogP contribution in [0, 0.1) is 6.92 Å². The fourth-order valence-electron chi connectivity index (χ4n) is 2.74. The van der Waals surface area contributed by atoms with Gasteiger partial charge in [-0.3, -0.25) is 4.79 Å². The maximum absolute atomic E-state index is 12.8. The lowest BCUT2D eigenvalue weighted by molar-refractivity contribution is -0.274. The topological polar surface area (TPSA) is 64.4 Å². The lowest BCUT2D eigenvalue weighted by atomic mass is 10.0. The van der Waals surface area contributed by atoms with Crippen molar-refractivity contribution < 1.29 is 27.2 Å². The third-order valence-electron chi connectivity index (χ3n) is 4.09. The maximum atomic E-state index is 12.8. The van der Waals surface area contributed by atoms with Gasteiger partial charge in [0.05, 0.1) is 11.7 Å². The Morgan fingerprint density at radius 1 is 1.11 bits per heavy atom. The molecule has 0 saturated heterocycles. The van der Waals surface area contributed by atoms with Gasteiger partial charge in [0.2, 0.25) is 0 Å². The number of amides is 1. The summed E-state index contributed by atoms with van der Waals surface area (Å²) in [5, 5.41) is 6.71. The highest BCUT2D eigenvalue weighted by atomic mass is 19.4. The lowest BCUT2D eigenvalue weighted by Gasteiger charge is -2.14. The number of carbonyl (C=O) groups is 1. The highest BCUT2D eigenvalue weighted by Gasteiger charge is 2.31. The standard InChI is InChI=1S/C20H17F3N2O3/c1-12(14-6-4-3-5-7-14)24-19(26)17-13(2)25-28-18(17)15-8-10-16(11-9-15)27-20(21,22)23/h3-12H,1-2H3,(H,24,26)/t12-/m0/s1. The van der Waals surface area contributed by atoms with Crippen LogP contribution in [-0.4, -0.2) is 17.4 Å². The highest BCUT2D eigenvalue weighted by molar-refractivity contribution is 6.00. The molecule has 0 spiro atoms. The molecule has 0 aliphatic rings. The predicted molar refractivity (Wildman–Crippen MR) is 95.7 cm³/mol. The minimum atomic E-state index is -4.77. The zero-order valence-electron chi connectivity index (χ0n) is 15.1. The van der Waals surface area contributed by atoms with E-state index in [4.69, 9.17) is 4.52 Å². The molecule has 0 unspecified atom stereocenters. The van der Waals surface area contributed by atoms with Crippen LogP contribution in [0.25, 0.3) is 11.3 Å². The number of rotatable bonds is 5. The van der Waals surface area contributed by atoms with Crippen molar-refractivity contribution in [2.45, 2.75) is 26.3 Å². The monoisotopic (exact) mass is 390 g/mol. The summed E-state index contributed by atoms with van der Waals surface area (Å²) in [7, 11) is 0. The molecule has 28 heavy (non-hydrogen) atoms. The Morgan fingerprint density at radius 3 is 2.36 bits per heavy atom. The first-order chi connectivity index (χ1) is 13.2. The number of halogens is 3. The van der Waals surface area contributed by atoms with Crippen LogP contribution >= 0.6 is 0 Å². The fourth-order valence-corrected chi connectivity index (χ4v) is 2.74. The van der Waals surface area contributed by atoms with Crippen LogP contribution in [0.5, 0.6) is 5.75 Å². The summed E-state index contributed by atoms with van der Waals surface area (Å²) < 4.78 is 46.0. The summed E-state index contributed by atoms with van der Waals surface area (Å²) in [5.74, 6) is -0.578. The van der Waals surface area contributed by atoms with Crippen molar-refractivity contribution in [2.24, 2.45) is 0 Å². The van der Waals surface area contributed by atoms with Crippen molar-refractivity contribution in [3.05, 3.63) is 71.4 Å². The van der Waals surface area contributed by atoms with Crippen molar-refractivity contribution in [3.63, 3.8) is 0 Å². The largest absolute Gasteiger partial charge is 0.573 e. The van der Waals surface area contributed by atoms with E-state index in [0.29, 0.717) is 11.3 Å². The van der Waals surface area contributed by atoms with Gasteiger partial charge in [-0.05, 0) is 43.7 Å². The van der Waals surface area contributed by atoms with Crippen LogP contribution in [0.4, 0.5) is 13.2 Å². The second-order valence-electron chi connectivity index (χ2n) is 6.15. The summed E-state index contributed by atoms with van der Waals surface area (Å²) in [4.78, 5) is 12.8. The predicted octanol–water partition coefficient (Wildman–Crippen LogP) is 5.04. The van der Waals surface area contributed by atoms with Crippen LogP contribution < -0.4 is 10.1 Å². The van der Waals surface area contributed by atoms with Gasteiger partial charge in [-0.25, -0.2) is 0 Å². The summed E-state index contributed by atoms with van der Waals surface area (Å²) >= 11 is 0. The van der Waals surface area contributed by atoms with Gasteiger partial charge in [-0.1, -0.05) is 35.5 Å². The van der Waals surface area contributed by atoms with E-state index in [0.717, 1.165) is 17.7 Å². The van der Waals surface area contributed by atoms with Gasteiger partial charge in [0.15, 0.2) is 5.76 Å². The molecule has 3 rings (SSSR count). The SMILES string of the molecule is Cc1noc(-c2ccc(OC(F)(F)F)cc2)c1C(=O)N[C@@H](C)c1ccccc1. The maximum Gasteiger partial charge on any atom is 0.573 e. The zero-order valence-corrected chi connectivity index (χ0v) is 15.1. The Morgan fingerprint density at radius 2 is 1.75 bits per heavy atom. The Labute approximate surface area is 159 Å². The van der Waals surface area contributed by atoms with Crippen LogP contribution in [-0.2, 0) is 0 Å². The fraction of sp³-hybridized carbons (Fsp3) is 0.200. The number of aromatic nitrogens is 1. The average molecular weight is 390 g/mol. The number of hydrogen-bond acceptors (Lipinski definition) is 4. The van der Waals surface area contributed by atoms with Crippen LogP contribution in [0.2, 0.25) is 0 Å². The van der Waals surface area contributed by atoms with E-state index in [1.807, 2.05) is 37.3 Å². The Kier molecular flexibility index (Phi) is 5.39. The van der Waals surface area contributed by atoms with E-state index >= 15 is 0 Å². The first-order valence-electron chi connectivity index (χ1n) is 8.43. The Bertz CT molecular complexity index is 951. The van der Waals surface area contributed by atoms with Gasteiger partial charge in [-0.2, -0.15) is 0 Å². The Hall–Kier alpha value is -3.29. The van der Waals surface area contributed by atoms with Crippen LogP contribution in [0.15, 0.2) is 59.1 Å². The molecule has 1 amide bonds. The number of aryl methyl sites for hydroxylation is 1. The molecule has 0 bridgehead atoms. The first-order valence-corrected chi connectivity index (χ1v) is 8.43. The van der Waals surface area contributed by atoms with Crippen molar-refractivity contribution in [2.75, 3.05) is 0 Å². The molecular weight excluding hydrogens is 373 g/mol. The van der Waals surface area contributed by atoms with Crippen molar-refractivity contribution >= 4 is 5.91 Å². The van der Waals surface area contributed by atoms with E-state index < -0.39 is 6.36 Å². The number of hydrogen-bond donors (Lipinski definition) is 1. The first kappa shape index (κ1) is 19.5. The van der Waals surface area contributed by atoms with Gasteiger partial charge in [-0.15, -0.1) is 13.2 Å². The molecule has 1 heterocycles. The molecule has 1 N–H and O–H groups in total. The number of carbonyl (C=O) groups excluding carboxylic acids is 1. The van der Waals surface area contributed by atoms with Gasteiger partial charge < -0.3 is 14.6 Å². The van der Waals surface area contributed by atoms with Crippen molar-refractivity contribution in [1.82, 2.24) is 10.5 Å². The molecule has 8 heteroatoms. The van der Waals surface area contributed by atoms with E-state index in [9.17, 15) is 18.0 Å². The molecule has 0 saturated carbocycles. The zero-order chi connectivity index (χ0) is 20.3. The molecule has 0 aliphatic heterocycles. The molecule has 0 fully saturated rings. The number of alkyl halides is 3. The summed E-state index contributed by atoms with van der Waals surface area (Å²) in [5.41, 5.74) is 1.95. The summed E-state index contributed by atoms with van der Waals surface area (Å²) in [6.07, 6.45) is -4.77. The molecule has 3 aromatic rings. The third kappa shape index (κ3) is 4.51. The second-order valence-corrected chi connectivity index (χ2v) is 6.15. The normalized spacial score (nSPS) is 12.5. The minimum absolute atomic E-state index is 0.175. The third-order valence-corrected chi connectivity index (χ3v) is 4.09. The van der Waals surface area contributed by atoms with Gasteiger partial charge >= 0.3 is 6.36 Å². The molecule has 0 aliphatic carbocycles. The van der Waals surface area contributed by atoms with E-state index in [1.54, 1.807) is 6.92 Å². The van der Waals surface area contributed by atoms with Gasteiger partial charge in [0.25, 0.3) is 5.91 Å². The molecule has 1 atom stereocenters. The summed E-state index contributed by atoms with van der Waals surface area (Å²) in [6, 6.07) is 14.2. The molecule has 1 aromatic heterocycles. The smallest absolute Gasteiger partial charge is 0.406 e. The van der Waals surface area contributed by atoms with Gasteiger partial charge in [0.1, 0.15) is 11.3 Å². The minimum Gasteiger partial charge on any atom is -0.406 e. The number of nitrogens with one attached hydrogen (secondary N) is 1. The number of nitrogens with zero attached hydrogens (tertiary/aromatic N) is 1. The number of benzene rings is 2. The second kappa shape index (κ2) is 7.75. The Balaban J connectivity index is 1.82. The average Bonchev–Trinajstić information content (AvgIpc) is 3.03. The van der Waals surface area contributed by atoms with E-state index in [-0.39, 0.29) is 29.0 Å². The molecule has 5 nitrogen and oxygen atoms in total. The van der Waals surface area contributed by atoms with E-state index in [2.05, 4.69) is 15.2 Å². The lowest BCUT2D eigenvalue weighted by Crippen LogP contribution is -2.27. The molecular formula is C20H17F3N2O3. The summed E-state index contributed by atoms with van der Waals surface area (Å²) in [6.45, 7) is 3.47. The molecule has 146 valence electrons. The quantitative estimate of drug-likeness (QED) is 0.663. The van der Waals surface area contributed by atoms with Crippen LogP contribution in [0.1, 0.15) is 34.6 Å². The van der Waals surface area contributed by atoms with Crippen molar-refractivity contribution in [3.8, 4) is 17.1 Å². The van der Waals surface area contributed by atoms with E-state index in [1.165, 1.54) is 12.1 Å². The van der Waals surface area contributed by atoms with Crippen LogP contribution in [0.3, 0.4) is 0 Å². The van der Waals surface area contributed by atoms with Gasteiger partial charge in [0, 0.05) is 5.56 Å². The highest BCUT2D eigenvalue weighted by Crippen LogP contribution is 2.30. The molecule has 2 aromatic carbocycles. The molecule has 0 radical (unpaired) electrons. The van der Waals surface area contributed by atoms with Crippen molar-refractivity contribution in [1.29, 1.82) is 0 Å².